The minimum Gasteiger partial charge on any atom is -0.355 e. The van der Waals surface area contributed by atoms with Gasteiger partial charge in [0.15, 0.2) is 5.96 Å². The highest BCUT2D eigenvalue weighted by Crippen LogP contribution is 2.32. The van der Waals surface area contributed by atoms with Crippen molar-refractivity contribution in [1.29, 1.82) is 0 Å². The van der Waals surface area contributed by atoms with E-state index in [1.54, 1.807) is 18.1 Å². The van der Waals surface area contributed by atoms with Crippen molar-refractivity contribution in [3.63, 3.8) is 0 Å². The quantitative estimate of drug-likeness (QED) is 0.255. The smallest absolute Gasteiger partial charge is 0.191 e. The van der Waals surface area contributed by atoms with Crippen LogP contribution < -0.4 is 10.6 Å². The number of nitrogens with one attached hydrogen (secondary N) is 2. The molecule has 1 aromatic heterocycles. The maximum absolute atomic E-state index is 4.26. The van der Waals surface area contributed by atoms with Gasteiger partial charge < -0.3 is 10.6 Å². The highest BCUT2D eigenvalue weighted by atomic mass is 127. The molecule has 0 aliphatic rings. The summed E-state index contributed by atoms with van der Waals surface area (Å²) >= 11 is 5.30. The summed E-state index contributed by atoms with van der Waals surface area (Å²) in [6.07, 6.45) is 1.55. The van der Waals surface area contributed by atoms with Crippen LogP contribution in [0.15, 0.2) is 45.0 Å². The highest BCUT2D eigenvalue weighted by Gasteiger charge is 2.20. The van der Waals surface area contributed by atoms with E-state index in [9.17, 15) is 0 Å². The van der Waals surface area contributed by atoms with Gasteiger partial charge in [-0.05, 0) is 38.1 Å². The lowest BCUT2D eigenvalue weighted by atomic mass is 10.2. The van der Waals surface area contributed by atoms with Crippen molar-refractivity contribution < 1.29 is 0 Å². The summed E-state index contributed by atoms with van der Waals surface area (Å²) in [5.41, 5.74) is 0. The fraction of sp³-hybridized carbons (Fsp3) is 0.438. The van der Waals surface area contributed by atoms with Gasteiger partial charge in [0.2, 0.25) is 0 Å². The lowest BCUT2D eigenvalue weighted by Crippen LogP contribution is -2.43. The Bertz CT molecular complexity index is 686. The SMILES string of the molecule is CN=C(NCc1ncnn1C)NCC(C)(C)Sc1ccc(Br)cc1.I. The standard InChI is InChI=1S/C16H23BrN6S.HI/c1-16(2,24-13-7-5-12(17)6-8-13)10-20-15(18-3)19-9-14-21-11-22-23(14)4;/h5-8,11H,9-10H2,1-4H3,(H2,18,19,20);1H. The Kier molecular flexibility index (Phi) is 9.22. The number of hydrogen-bond acceptors (Lipinski definition) is 4. The van der Waals surface area contributed by atoms with Crippen molar-refractivity contribution in [2.45, 2.75) is 30.0 Å². The Morgan fingerprint density at radius 2 is 1.96 bits per heavy atom. The molecule has 1 aromatic carbocycles. The number of aryl methyl sites for hydroxylation is 1. The van der Waals surface area contributed by atoms with Crippen LogP contribution >= 0.6 is 51.7 Å². The number of aromatic nitrogens is 3. The number of aliphatic imine (C=N–C) groups is 1. The Balaban J connectivity index is 0.00000312. The van der Waals surface area contributed by atoms with Crippen molar-refractivity contribution >= 4 is 57.6 Å². The zero-order chi connectivity index (χ0) is 17.6. The van der Waals surface area contributed by atoms with Crippen molar-refractivity contribution in [3.8, 4) is 0 Å². The summed E-state index contributed by atoms with van der Waals surface area (Å²) < 4.78 is 2.86. The van der Waals surface area contributed by atoms with Gasteiger partial charge in [0, 0.05) is 34.8 Å². The van der Waals surface area contributed by atoms with Crippen LogP contribution in [0.1, 0.15) is 19.7 Å². The molecular formula is C16H24BrIN6S. The van der Waals surface area contributed by atoms with Crippen LogP contribution in [0.3, 0.4) is 0 Å². The number of guanidine groups is 1. The second-order valence-corrected chi connectivity index (χ2v) is 8.59. The van der Waals surface area contributed by atoms with E-state index in [4.69, 9.17) is 0 Å². The van der Waals surface area contributed by atoms with E-state index in [0.717, 1.165) is 22.8 Å². The first-order valence-corrected chi connectivity index (χ1v) is 9.22. The van der Waals surface area contributed by atoms with Crippen LogP contribution in [0.2, 0.25) is 0 Å². The third kappa shape index (κ3) is 7.53. The van der Waals surface area contributed by atoms with Gasteiger partial charge in [-0.3, -0.25) is 9.67 Å². The van der Waals surface area contributed by atoms with E-state index in [1.165, 1.54) is 4.90 Å². The van der Waals surface area contributed by atoms with Crippen LogP contribution in [0, 0.1) is 0 Å². The fourth-order valence-corrected chi connectivity index (χ4v) is 3.34. The van der Waals surface area contributed by atoms with Gasteiger partial charge in [-0.15, -0.1) is 35.7 Å². The maximum atomic E-state index is 4.26. The molecule has 0 unspecified atom stereocenters. The molecule has 0 atom stereocenters. The van der Waals surface area contributed by atoms with Crippen LogP contribution in [-0.4, -0.2) is 39.1 Å². The predicted octanol–water partition coefficient (Wildman–Crippen LogP) is 3.43. The van der Waals surface area contributed by atoms with Crippen molar-refractivity contribution in [3.05, 3.63) is 40.9 Å². The number of hydrogen-bond donors (Lipinski definition) is 2. The van der Waals surface area contributed by atoms with E-state index in [-0.39, 0.29) is 28.7 Å². The second-order valence-electron chi connectivity index (χ2n) is 5.89. The molecule has 1 heterocycles. The second kappa shape index (κ2) is 10.4. The minimum absolute atomic E-state index is 0. The summed E-state index contributed by atoms with van der Waals surface area (Å²) in [6, 6.07) is 8.37. The predicted molar refractivity (Wildman–Crippen MR) is 119 cm³/mol. The van der Waals surface area contributed by atoms with Gasteiger partial charge in [-0.2, -0.15) is 5.10 Å². The molecule has 2 N–H and O–H groups in total. The molecule has 0 aliphatic heterocycles. The van der Waals surface area contributed by atoms with Gasteiger partial charge in [0.25, 0.3) is 0 Å². The average molecular weight is 539 g/mol. The first-order valence-electron chi connectivity index (χ1n) is 7.61. The van der Waals surface area contributed by atoms with Crippen molar-refractivity contribution in [2.75, 3.05) is 13.6 Å². The molecule has 0 saturated heterocycles. The molecule has 2 rings (SSSR count). The molecule has 0 radical (unpaired) electrons. The first-order chi connectivity index (χ1) is 11.4. The van der Waals surface area contributed by atoms with E-state index >= 15 is 0 Å². The van der Waals surface area contributed by atoms with Gasteiger partial charge in [0.05, 0.1) is 6.54 Å². The number of thioether (sulfide) groups is 1. The number of benzene rings is 1. The zero-order valence-electron chi connectivity index (χ0n) is 14.8. The number of halogens is 2. The molecule has 0 fully saturated rings. The van der Waals surface area contributed by atoms with E-state index in [1.807, 2.05) is 18.8 Å². The third-order valence-electron chi connectivity index (χ3n) is 3.33. The number of nitrogens with zero attached hydrogens (tertiary/aromatic N) is 4. The van der Waals surface area contributed by atoms with Crippen LogP contribution in [0.25, 0.3) is 0 Å². The lowest BCUT2D eigenvalue weighted by molar-refractivity contribution is 0.646. The topological polar surface area (TPSA) is 67.1 Å². The Hall–Kier alpha value is -0.810. The molecule has 0 bridgehead atoms. The van der Waals surface area contributed by atoms with Crippen molar-refractivity contribution in [1.82, 2.24) is 25.4 Å². The van der Waals surface area contributed by atoms with E-state index < -0.39 is 0 Å². The molecule has 25 heavy (non-hydrogen) atoms. The van der Waals surface area contributed by atoms with Crippen LogP contribution in [0.5, 0.6) is 0 Å². The Morgan fingerprint density at radius 3 is 2.52 bits per heavy atom. The maximum Gasteiger partial charge on any atom is 0.191 e. The average Bonchev–Trinajstić information content (AvgIpc) is 2.95. The lowest BCUT2D eigenvalue weighted by Gasteiger charge is -2.25. The summed E-state index contributed by atoms with van der Waals surface area (Å²) in [4.78, 5) is 9.70. The summed E-state index contributed by atoms with van der Waals surface area (Å²) in [5.74, 6) is 1.61. The molecule has 0 saturated carbocycles. The van der Waals surface area contributed by atoms with Gasteiger partial charge in [-0.1, -0.05) is 15.9 Å². The largest absolute Gasteiger partial charge is 0.355 e. The van der Waals surface area contributed by atoms with E-state index in [2.05, 4.69) is 79.8 Å². The Labute approximate surface area is 178 Å². The third-order valence-corrected chi connectivity index (χ3v) is 5.07. The summed E-state index contributed by atoms with van der Waals surface area (Å²) in [5, 5.41) is 10.7. The van der Waals surface area contributed by atoms with Gasteiger partial charge in [-0.25, -0.2) is 4.98 Å². The molecule has 0 aliphatic carbocycles. The summed E-state index contributed by atoms with van der Waals surface area (Å²) in [7, 11) is 3.64. The molecular weight excluding hydrogens is 515 g/mol. The molecule has 0 spiro atoms. The highest BCUT2D eigenvalue weighted by molar-refractivity contribution is 14.0. The molecule has 0 amide bonds. The van der Waals surface area contributed by atoms with Crippen LogP contribution in [-0.2, 0) is 13.6 Å². The number of rotatable bonds is 6. The van der Waals surface area contributed by atoms with Gasteiger partial charge in [0.1, 0.15) is 12.2 Å². The zero-order valence-corrected chi connectivity index (χ0v) is 19.5. The molecule has 9 heteroatoms. The molecule has 6 nitrogen and oxygen atoms in total. The monoisotopic (exact) mass is 538 g/mol. The molecule has 2 aromatic rings. The summed E-state index contributed by atoms with van der Waals surface area (Å²) in [6.45, 7) is 5.79. The minimum atomic E-state index is 0. The fourth-order valence-electron chi connectivity index (χ4n) is 2.02. The Morgan fingerprint density at radius 1 is 1.28 bits per heavy atom. The first kappa shape index (κ1) is 22.2. The molecule has 138 valence electrons. The normalized spacial score (nSPS) is 11.8. The van der Waals surface area contributed by atoms with E-state index in [0.29, 0.717) is 6.54 Å². The van der Waals surface area contributed by atoms with Crippen molar-refractivity contribution in [2.24, 2.45) is 12.0 Å². The van der Waals surface area contributed by atoms with Crippen LogP contribution in [0.4, 0.5) is 0 Å². The van der Waals surface area contributed by atoms with Gasteiger partial charge >= 0.3 is 0 Å².